The van der Waals surface area contributed by atoms with Crippen LogP contribution in [0.1, 0.15) is 25.8 Å². The molecule has 0 heterocycles. The zero-order valence-corrected chi connectivity index (χ0v) is 12.4. The SMILES string of the molecule is CC(C)C(=O)CC(Cc1cccc2ccccc12)C(=O)O. The number of rotatable bonds is 6. The molecule has 0 bridgehead atoms. The molecule has 0 radical (unpaired) electrons. The molecule has 0 aliphatic heterocycles. The molecule has 0 aliphatic rings. The van der Waals surface area contributed by atoms with Gasteiger partial charge in [-0.2, -0.15) is 0 Å². The normalized spacial score (nSPS) is 12.5. The van der Waals surface area contributed by atoms with E-state index in [1.165, 1.54) is 0 Å². The molecule has 110 valence electrons. The van der Waals surface area contributed by atoms with E-state index in [0.717, 1.165) is 16.3 Å². The van der Waals surface area contributed by atoms with Gasteiger partial charge in [-0.05, 0) is 22.8 Å². The Labute approximate surface area is 124 Å². The predicted octanol–water partition coefficient (Wildman–Crippen LogP) is 3.70. The Morgan fingerprint density at radius 3 is 2.38 bits per heavy atom. The van der Waals surface area contributed by atoms with Crippen molar-refractivity contribution in [3.05, 3.63) is 48.0 Å². The molecule has 3 nitrogen and oxygen atoms in total. The first kappa shape index (κ1) is 15.2. The molecule has 0 amide bonds. The zero-order valence-electron chi connectivity index (χ0n) is 12.4. The predicted molar refractivity (Wildman–Crippen MR) is 83.2 cm³/mol. The summed E-state index contributed by atoms with van der Waals surface area (Å²) in [4.78, 5) is 23.3. The monoisotopic (exact) mass is 284 g/mol. The fraction of sp³-hybridized carbons (Fsp3) is 0.333. The lowest BCUT2D eigenvalue weighted by atomic mass is 9.89. The summed E-state index contributed by atoms with van der Waals surface area (Å²) in [5, 5.41) is 11.5. The third kappa shape index (κ3) is 3.69. The number of Topliss-reactive ketones (excluding diaryl/α,β-unsaturated/α-hetero) is 1. The van der Waals surface area contributed by atoms with E-state index >= 15 is 0 Å². The van der Waals surface area contributed by atoms with Gasteiger partial charge in [-0.3, -0.25) is 9.59 Å². The second-order valence-electron chi connectivity index (χ2n) is 5.70. The van der Waals surface area contributed by atoms with E-state index in [-0.39, 0.29) is 18.1 Å². The molecule has 1 unspecified atom stereocenters. The van der Waals surface area contributed by atoms with Crippen molar-refractivity contribution in [3.8, 4) is 0 Å². The maximum absolute atomic E-state index is 11.8. The van der Waals surface area contributed by atoms with Crippen molar-refractivity contribution in [2.24, 2.45) is 11.8 Å². The van der Waals surface area contributed by atoms with E-state index in [4.69, 9.17) is 0 Å². The first-order valence-electron chi connectivity index (χ1n) is 7.21. The second kappa shape index (κ2) is 6.53. The van der Waals surface area contributed by atoms with Crippen LogP contribution in [0.2, 0.25) is 0 Å². The maximum atomic E-state index is 11.8. The van der Waals surface area contributed by atoms with Gasteiger partial charge in [0.05, 0.1) is 5.92 Å². The van der Waals surface area contributed by atoms with Gasteiger partial charge in [0.15, 0.2) is 0 Å². The van der Waals surface area contributed by atoms with Crippen molar-refractivity contribution in [3.63, 3.8) is 0 Å². The number of carbonyl (C=O) groups excluding carboxylic acids is 1. The van der Waals surface area contributed by atoms with Crippen LogP contribution in [0.4, 0.5) is 0 Å². The molecule has 2 rings (SSSR count). The highest BCUT2D eigenvalue weighted by Crippen LogP contribution is 2.23. The lowest BCUT2D eigenvalue weighted by Gasteiger charge is -2.14. The fourth-order valence-electron chi connectivity index (χ4n) is 2.46. The van der Waals surface area contributed by atoms with Crippen LogP contribution in [0.25, 0.3) is 10.8 Å². The van der Waals surface area contributed by atoms with Gasteiger partial charge in [0.25, 0.3) is 0 Å². The van der Waals surface area contributed by atoms with E-state index in [9.17, 15) is 14.7 Å². The minimum Gasteiger partial charge on any atom is -0.481 e. The van der Waals surface area contributed by atoms with E-state index in [1.807, 2.05) is 42.5 Å². The number of aliphatic carboxylic acids is 1. The molecule has 1 atom stereocenters. The standard InChI is InChI=1S/C18H20O3/c1-12(2)17(19)11-15(18(20)21)10-14-8-5-7-13-6-3-4-9-16(13)14/h3-9,12,15H,10-11H2,1-2H3,(H,20,21). The van der Waals surface area contributed by atoms with Crippen molar-refractivity contribution < 1.29 is 14.7 Å². The first-order valence-corrected chi connectivity index (χ1v) is 7.21. The molecule has 2 aromatic carbocycles. The highest BCUT2D eigenvalue weighted by molar-refractivity contribution is 5.88. The average Bonchev–Trinajstić information content (AvgIpc) is 2.46. The highest BCUT2D eigenvalue weighted by atomic mass is 16.4. The highest BCUT2D eigenvalue weighted by Gasteiger charge is 2.23. The summed E-state index contributed by atoms with van der Waals surface area (Å²) in [5.41, 5.74) is 0.983. The number of hydrogen-bond acceptors (Lipinski definition) is 2. The third-order valence-electron chi connectivity index (χ3n) is 3.79. The number of hydrogen-bond donors (Lipinski definition) is 1. The van der Waals surface area contributed by atoms with Crippen LogP contribution >= 0.6 is 0 Å². The zero-order chi connectivity index (χ0) is 15.4. The summed E-state index contributed by atoms with van der Waals surface area (Å²) in [5.74, 6) is -1.69. The van der Waals surface area contributed by atoms with Gasteiger partial charge in [0, 0.05) is 12.3 Å². The first-order chi connectivity index (χ1) is 9.99. The fourth-order valence-corrected chi connectivity index (χ4v) is 2.46. The quantitative estimate of drug-likeness (QED) is 0.880. The lowest BCUT2D eigenvalue weighted by Crippen LogP contribution is -2.22. The number of carboxylic acid groups (broad SMARTS) is 1. The topological polar surface area (TPSA) is 54.4 Å². The molecular formula is C18H20O3. The van der Waals surface area contributed by atoms with Crippen molar-refractivity contribution in [2.45, 2.75) is 26.7 Å². The Bertz CT molecular complexity index is 653. The van der Waals surface area contributed by atoms with E-state index in [0.29, 0.717) is 6.42 Å². The largest absolute Gasteiger partial charge is 0.481 e. The van der Waals surface area contributed by atoms with Gasteiger partial charge < -0.3 is 5.11 Å². The van der Waals surface area contributed by atoms with Crippen LogP contribution in [0.3, 0.4) is 0 Å². The molecule has 2 aromatic rings. The molecule has 21 heavy (non-hydrogen) atoms. The number of carbonyl (C=O) groups is 2. The lowest BCUT2D eigenvalue weighted by molar-refractivity contribution is -0.144. The molecule has 0 spiro atoms. The van der Waals surface area contributed by atoms with Gasteiger partial charge >= 0.3 is 5.97 Å². The van der Waals surface area contributed by atoms with Gasteiger partial charge in [-0.15, -0.1) is 0 Å². The Morgan fingerprint density at radius 1 is 1.05 bits per heavy atom. The summed E-state index contributed by atoms with van der Waals surface area (Å²) in [7, 11) is 0. The molecule has 3 heteroatoms. The van der Waals surface area contributed by atoms with Crippen molar-refractivity contribution in [2.75, 3.05) is 0 Å². The van der Waals surface area contributed by atoms with Gasteiger partial charge in [-0.25, -0.2) is 0 Å². The number of benzene rings is 2. The van der Waals surface area contributed by atoms with Gasteiger partial charge in [0.2, 0.25) is 0 Å². The van der Waals surface area contributed by atoms with Crippen molar-refractivity contribution in [1.29, 1.82) is 0 Å². The van der Waals surface area contributed by atoms with E-state index in [1.54, 1.807) is 13.8 Å². The van der Waals surface area contributed by atoms with Crippen molar-refractivity contribution >= 4 is 22.5 Å². The summed E-state index contributed by atoms with van der Waals surface area (Å²) in [6.45, 7) is 3.61. The molecule has 0 aromatic heterocycles. The minimum atomic E-state index is -0.906. The summed E-state index contributed by atoms with van der Waals surface area (Å²) in [6.07, 6.45) is 0.478. The summed E-state index contributed by atoms with van der Waals surface area (Å²) < 4.78 is 0. The van der Waals surface area contributed by atoms with Crippen LogP contribution in [0, 0.1) is 11.8 Å². The average molecular weight is 284 g/mol. The minimum absolute atomic E-state index is 0.00244. The summed E-state index contributed by atoms with van der Waals surface area (Å²) >= 11 is 0. The van der Waals surface area contributed by atoms with Crippen LogP contribution in [0.5, 0.6) is 0 Å². The van der Waals surface area contributed by atoms with Crippen LogP contribution < -0.4 is 0 Å². The Morgan fingerprint density at radius 2 is 1.71 bits per heavy atom. The van der Waals surface area contributed by atoms with E-state index in [2.05, 4.69) is 0 Å². The Hall–Kier alpha value is -2.16. The van der Waals surface area contributed by atoms with Gasteiger partial charge in [0.1, 0.15) is 5.78 Å². The van der Waals surface area contributed by atoms with Crippen LogP contribution in [-0.2, 0) is 16.0 Å². The van der Waals surface area contributed by atoms with Gasteiger partial charge in [-0.1, -0.05) is 56.3 Å². The van der Waals surface area contributed by atoms with Crippen molar-refractivity contribution in [1.82, 2.24) is 0 Å². The molecule has 0 saturated carbocycles. The number of fused-ring (bicyclic) bond motifs is 1. The number of carboxylic acids is 1. The van der Waals surface area contributed by atoms with Crippen LogP contribution in [-0.4, -0.2) is 16.9 Å². The van der Waals surface area contributed by atoms with Crippen LogP contribution in [0.15, 0.2) is 42.5 Å². The Balaban J connectivity index is 2.27. The van der Waals surface area contributed by atoms with E-state index < -0.39 is 11.9 Å². The molecular weight excluding hydrogens is 264 g/mol. The number of ketones is 1. The molecule has 0 fully saturated rings. The summed E-state index contributed by atoms with van der Waals surface area (Å²) in [6, 6.07) is 13.8. The molecule has 0 saturated heterocycles. The smallest absolute Gasteiger partial charge is 0.307 e. The molecule has 1 N–H and O–H groups in total. The molecule has 0 aliphatic carbocycles. The second-order valence-corrected chi connectivity index (χ2v) is 5.70. The Kier molecular flexibility index (Phi) is 4.73. The maximum Gasteiger partial charge on any atom is 0.307 e. The third-order valence-corrected chi connectivity index (χ3v) is 3.79.